The van der Waals surface area contributed by atoms with Crippen LogP contribution < -0.4 is 0 Å². The molecule has 2 aromatic rings. The molecule has 0 unspecified atom stereocenters. The van der Waals surface area contributed by atoms with Gasteiger partial charge in [0.15, 0.2) is 0 Å². The van der Waals surface area contributed by atoms with Gasteiger partial charge in [-0.3, -0.25) is 14.5 Å². The maximum atomic E-state index is 12.5. The highest BCUT2D eigenvalue weighted by atomic mass is 32.2. The summed E-state index contributed by atoms with van der Waals surface area (Å²) in [7, 11) is 0. The largest absolute Gasteiger partial charge is 0.478 e. The lowest BCUT2D eigenvalue weighted by Crippen LogP contribution is -2.28. The van der Waals surface area contributed by atoms with E-state index in [0.29, 0.717) is 15.5 Å². The molecule has 2 aromatic heterocycles. The molecule has 3 heterocycles. The molecule has 154 valence electrons. The first-order chi connectivity index (χ1) is 14.3. The second kappa shape index (κ2) is 7.82. The van der Waals surface area contributed by atoms with Crippen LogP contribution in [0.4, 0.5) is 4.79 Å². The van der Waals surface area contributed by atoms with Crippen molar-refractivity contribution in [2.24, 2.45) is 0 Å². The summed E-state index contributed by atoms with van der Waals surface area (Å²) in [5.74, 6) is 1.02. The molecule has 0 bridgehead atoms. The fraction of sp³-hybridized carbons (Fsp3) is 0.318. The summed E-state index contributed by atoms with van der Waals surface area (Å²) >= 11 is 2.41. The molecule has 8 heteroatoms. The number of imide groups is 1. The lowest BCUT2D eigenvalue weighted by Gasteiger charge is -2.11. The molecule has 1 saturated heterocycles. The molecule has 1 N–H and O–H groups in total. The number of aryl methyl sites for hydroxylation is 2. The molecule has 1 aliphatic carbocycles. The van der Waals surface area contributed by atoms with Gasteiger partial charge in [0.1, 0.15) is 5.00 Å². The number of nitrogens with zero attached hydrogens (tertiary/aromatic N) is 2. The third-order valence-electron chi connectivity index (χ3n) is 5.45. The summed E-state index contributed by atoms with van der Waals surface area (Å²) < 4.78 is 1.95. The Labute approximate surface area is 182 Å². The lowest BCUT2D eigenvalue weighted by atomic mass is 9.95. The highest BCUT2D eigenvalue weighted by Crippen LogP contribution is 2.39. The van der Waals surface area contributed by atoms with Crippen molar-refractivity contribution in [3.05, 3.63) is 43.9 Å². The number of carboxylic acids is 1. The summed E-state index contributed by atoms with van der Waals surface area (Å²) in [6, 6.07) is 1.91. The third-order valence-corrected chi connectivity index (χ3v) is 7.63. The molecule has 1 aliphatic heterocycles. The molecule has 6 nitrogen and oxygen atoms in total. The second-order valence-corrected chi connectivity index (χ2v) is 9.41. The van der Waals surface area contributed by atoms with E-state index in [0.717, 1.165) is 69.7 Å². The molecular formula is C22H20N2O4S2. The van der Waals surface area contributed by atoms with E-state index in [-0.39, 0.29) is 11.8 Å². The van der Waals surface area contributed by atoms with E-state index in [2.05, 4.69) is 5.92 Å². The van der Waals surface area contributed by atoms with Crippen LogP contribution in [-0.4, -0.2) is 38.2 Å². The normalized spacial score (nSPS) is 17.5. The number of terminal acetylenes is 1. The lowest BCUT2D eigenvalue weighted by molar-refractivity contribution is -0.122. The van der Waals surface area contributed by atoms with Crippen LogP contribution >= 0.6 is 23.1 Å². The van der Waals surface area contributed by atoms with Gasteiger partial charge >= 0.3 is 5.97 Å². The quantitative estimate of drug-likeness (QED) is 0.563. The first kappa shape index (κ1) is 20.5. The highest BCUT2D eigenvalue weighted by molar-refractivity contribution is 8.18. The van der Waals surface area contributed by atoms with Crippen LogP contribution in [0.25, 0.3) is 11.1 Å². The number of hydrogen-bond donors (Lipinski definition) is 1. The minimum absolute atomic E-state index is 0.0518. The third kappa shape index (κ3) is 3.28. The highest BCUT2D eigenvalue weighted by Gasteiger charge is 2.35. The van der Waals surface area contributed by atoms with Crippen LogP contribution in [0, 0.1) is 26.2 Å². The van der Waals surface area contributed by atoms with Crippen molar-refractivity contribution in [2.45, 2.75) is 39.5 Å². The molecule has 0 saturated carbocycles. The van der Waals surface area contributed by atoms with E-state index < -0.39 is 11.9 Å². The molecule has 1 fully saturated rings. The van der Waals surface area contributed by atoms with Gasteiger partial charge in [-0.2, -0.15) is 0 Å². The predicted octanol–water partition coefficient (Wildman–Crippen LogP) is 4.40. The Hall–Kier alpha value is -2.76. The number of rotatable bonds is 4. The van der Waals surface area contributed by atoms with Gasteiger partial charge < -0.3 is 9.67 Å². The van der Waals surface area contributed by atoms with E-state index >= 15 is 0 Å². The van der Waals surface area contributed by atoms with Crippen molar-refractivity contribution < 1.29 is 19.5 Å². The molecular weight excluding hydrogens is 420 g/mol. The van der Waals surface area contributed by atoms with Crippen LogP contribution in [0.3, 0.4) is 0 Å². The minimum Gasteiger partial charge on any atom is -0.478 e. The Kier molecular flexibility index (Phi) is 5.35. The topological polar surface area (TPSA) is 79.6 Å². The van der Waals surface area contributed by atoms with Crippen molar-refractivity contribution in [1.82, 2.24) is 9.47 Å². The molecule has 0 atom stereocenters. The Morgan fingerprint density at radius 1 is 1.30 bits per heavy atom. The zero-order chi connectivity index (χ0) is 21.6. The van der Waals surface area contributed by atoms with Gasteiger partial charge in [0.05, 0.1) is 17.0 Å². The summed E-state index contributed by atoms with van der Waals surface area (Å²) in [5.41, 5.74) is 3.83. The van der Waals surface area contributed by atoms with Gasteiger partial charge in [-0.25, -0.2) is 4.79 Å². The van der Waals surface area contributed by atoms with Gasteiger partial charge in [-0.1, -0.05) is 5.92 Å². The number of thiophene rings is 1. The summed E-state index contributed by atoms with van der Waals surface area (Å²) in [6.45, 7) is 3.76. The molecule has 0 aromatic carbocycles. The average molecular weight is 441 g/mol. The minimum atomic E-state index is -0.908. The van der Waals surface area contributed by atoms with Crippen molar-refractivity contribution in [1.29, 1.82) is 0 Å². The van der Waals surface area contributed by atoms with Crippen LogP contribution in [0.5, 0.6) is 0 Å². The van der Waals surface area contributed by atoms with E-state index in [1.165, 1.54) is 0 Å². The number of aromatic nitrogens is 1. The van der Waals surface area contributed by atoms with E-state index in [9.17, 15) is 19.5 Å². The first-order valence-electron chi connectivity index (χ1n) is 9.59. The number of carbonyl (C=O) groups excluding carboxylic acids is 2. The molecule has 30 heavy (non-hydrogen) atoms. The van der Waals surface area contributed by atoms with Crippen molar-refractivity contribution in [2.75, 3.05) is 6.54 Å². The van der Waals surface area contributed by atoms with Crippen molar-refractivity contribution in [3.8, 4) is 17.3 Å². The monoisotopic (exact) mass is 440 g/mol. The Morgan fingerprint density at radius 2 is 2.03 bits per heavy atom. The molecule has 2 aliphatic rings. The van der Waals surface area contributed by atoms with E-state index in [4.69, 9.17) is 6.42 Å². The van der Waals surface area contributed by atoms with Crippen LogP contribution in [0.15, 0.2) is 11.0 Å². The summed E-state index contributed by atoms with van der Waals surface area (Å²) in [5, 5.41) is 10.2. The van der Waals surface area contributed by atoms with Crippen molar-refractivity contribution >= 4 is 46.3 Å². The van der Waals surface area contributed by atoms with Crippen molar-refractivity contribution in [3.63, 3.8) is 0 Å². The van der Waals surface area contributed by atoms with Crippen LogP contribution in [0.2, 0.25) is 0 Å². The second-order valence-electron chi connectivity index (χ2n) is 7.33. The number of hydrogen-bond acceptors (Lipinski definition) is 5. The Bertz CT molecular complexity index is 1160. The Balaban J connectivity index is 1.79. The fourth-order valence-corrected chi connectivity index (χ4v) is 6.37. The molecule has 4 rings (SSSR count). The van der Waals surface area contributed by atoms with E-state index in [1.54, 1.807) is 17.4 Å². The summed E-state index contributed by atoms with van der Waals surface area (Å²) in [4.78, 5) is 39.2. The number of carbonyl (C=O) groups is 3. The standard InChI is InChI=1S/C22H20N2O4S2/c1-4-9-23-19(25)17(30-22(23)28)11-14-10-12(2)24(13(14)3)20-18(21(26)27)15-7-5-6-8-16(15)29-20/h1,10-11H,5-9H2,2-3H3,(H,26,27)/b17-11-. The SMILES string of the molecule is C#CCN1C(=O)S/C(=C\c2cc(C)n(-c3sc4c(c3C(=O)O)CCCC4)c2C)C1=O. The summed E-state index contributed by atoms with van der Waals surface area (Å²) in [6.07, 6.45) is 10.7. The number of thioether (sulfide) groups is 1. The predicted molar refractivity (Wildman–Crippen MR) is 118 cm³/mol. The maximum Gasteiger partial charge on any atom is 0.339 e. The van der Waals surface area contributed by atoms with Gasteiger partial charge in [-0.15, -0.1) is 17.8 Å². The average Bonchev–Trinajstić information content (AvgIpc) is 3.29. The zero-order valence-corrected chi connectivity index (χ0v) is 18.3. The fourth-order valence-electron chi connectivity index (χ4n) is 4.04. The van der Waals surface area contributed by atoms with Crippen LogP contribution in [0.1, 0.15) is 50.6 Å². The molecule has 0 spiro atoms. The number of fused-ring (bicyclic) bond motifs is 1. The smallest absolute Gasteiger partial charge is 0.339 e. The molecule has 0 radical (unpaired) electrons. The Morgan fingerprint density at radius 3 is 2.73 bits per heavy atom. The number of aromatic carboxylic acids is 1. The van der Waals surface area contributed by atoms with Gasteiger partial charge in [0.2, 0.25) is 0 Å². The van der Waals surface area contributed by atoms with Gasteiger partial charge in [-0.05, 0) is 74.6 Å². The number of amides is 2. The van der Waals surface area contributed by atoms with E-state index in [1.807, 2.05) is 24.5 Å². The first-order valence-corrected chi connectivity index (χ1v) is 11.2. The zero-order valence-electron chi connectivity index (χ0n) is 16.7. The maximum absolute atomic E-state index is 12.5. The van der Waals surface area contributed by atoms with Gasteiger partial charge in [0.25, 0.3) is 11.1 Å². The molecule has 2 amide bonds. The van der Waals surface area contributed by atoms with Crippen LogP contribution in [-0.2, 0) is 17.6 Å². The number of carboxylic acid groups (broad SMARTS) is 1. The van der Waals surface area contributed by atoms with Gasteiger partial charge in [0, 0.05) is 16.3 Å².